The summed E-state index contributed by atoms with van der Waals surface area (Å²) in [5.41, 5.74) is 0. The number of hydrogen-bond donors (Lipinski definition) is 0. The third-order valence-electron chi connectivity index (χ3n) is 3.05. The summed E-state index contributed by atoms with van der Waals surface area (Å²) in [5, 5.41) is 0. The molecule has 0 aliphatic heterocycles. The summed E-state index contributed by atoms with van der Waals surface area (Å²) in [6, 6.07) is 3.85. The van der Waals surface area contributed by atoms with Crippen molar-refractivity contribution < 1.29 is 13.9 Å². The molecule has 0 unspecified atom stereocenters. The van der Waals surface area contributed by atoms with Gasteiger partial charge in [-0.2, -0.15) is 0 Å². The zero-order valence-electron chi connectivity index (χ0n) is 12.3. The van der Waals surface area contributed by atoms with Gasteiger partial charge in [-0.25, -0.2) is 0 Å². The largest absolute Gasteiger partial charge is 0.464 e. The smallest absolute Gasteiger partial charge is 0.223 e. The van der Waals surface area contributed by atoms with Crippen molar-refractivity contribution in [2.45, 2.75) is 46.1 Å². The maximum absolute atomic E-state index is 12.2. The first kappa shape index (κ1) is 15.8. The Balaban J connectivity index is 2.52. The summed E-state index contributed by atoms with van der Waals surface area (Å²) in [4.78, 5) is 14.0. The van der Waals surface area contributed by atoms with Crippen molar-refractivity contribution in [2.24, 2.45) is 0 Å². The van der Waals surface area contributed by atoms with Gasteiger partial charge in [0.25, 0.3) is 0 Å². The van der Waals surface area contributed by atoms with E-state index in [2.05, 4.69) is 6.92 Å². The van der Waals surface area contributed by atoms with Gasteiger partial charge in [-0.05, 0) is 25.5 Å². The molecule has 1 aromatic heterocycles. The van der Waals surface area contributed by atoms with Gasteiger partial charge in [0.05, 0.1) is 13.2 Å². The highest BCUT2D eigenvalue weighted by Crippen LogP contribution is 2.11. The molecular formula is C15H25NO3. The van der Waals surface area contributed by atoms with E-state index in [1.54, 1.807) is 7.11 Å². The Labute approximate surface area is 115 Å². The third kappa shape index (κ3) is 5.92. The fourth-order valence-corrected chi connectivity index (χ4v) is 1.94. The monoisotopic (exact) mass is 267 g/mol. The van der Waals surface area contributed by atoms with Crippen molar-refractivity contribution in [2.75, 3.05) is 20.3 Å². The van der Waals surface area contributed by atoms with Gasteiger partial charge in [-0.1, -0.05) is 19.8 Å². The van der Waals surface area contributed by atoms with Gasteiger partial charge in [0.1, 0.15) is 11.5 Å². The van der Waals surface area contributed by atoms with Crippen LogP contribution in [0, 0.1) is 6.92 Å². The van der Waals surface area contributed by atoms with Crippen molar-refractivity contribution in [1.82, 2.24) is 4.90 Å². The molecule has 0 atom stereocenters. The predicted molar refractivity (Wildman–Crippen MR) is 74.9 cm³/mol. The molecule has 1 amide bonds. The van der Waals surface area contributed by atoms with Crippen LogP contribution >= 0.6 is 0 Å². The first-order valence-corrected chi connectivity index (χ1v) is 6.99. The molecule has 1 aromatic rings. The van der Waals surface area contributed by atoms with Crippen LogP contribution in [0.15, 0.2) is 16.5 Å². The van der Waals surface area contributed by atoms with Crippen LogP contribution in [0.25, 0.3) is 0 Å². The normalized spacial score (nSPS) is 10.7. The first-order chi connectivity index (χ1) is 9.17. The topological polar surface area (TPSA) is 42.7 Å². The molecule has 0 bridgehead atoms. The summed E-state index contributed by atoms with van der Waals surface area (Å²) in [6.07, 6.45) is 3.79. The number of aryl methyl sites for hydroxylation is 1. The molecule has 0 saturated heterocycles. The SMILES string of the molecule is CCCCCC(=O)N(CCOC)Cc1ccc(C)o1. The van der Waals surface area contributed by atoms with E-state index in [9.17, 15) is 4.79 Å². The molecule has 0 aromatic carbocycles. The van der Waals surface area contributed by atoms with E-state index < -0.39 is 0 Å². The van der Waals surface area contributed by atoms with E-state index in [-0.39, 0.29) is 5.91 Å². The number of rotatable bonds is 9. The molecule has 19 heavy (non-hydrogen) atoms. The molecular weight excluding hydrogens is 242 g/mol. The van der Waals surface area contributed by atoms with E-state index in [4.69, 9.17) is 9.15 Å². The molecule has 0 aliphatic carbocycles. The quantitative estimate of drug-likeness (QED) is 0.645. The average molecular weight is 267 g/mol. The van der Waals surface area contributed by atoms with Crippen molar-refractivity contribution >= 4 is 5.91 Å². The lowest BCUT2D eigenvalue weighted by molar-refractivity contribution is -0.132. The fourth-order valence-electron chi connectivity index (χ4n) is 1.94. The summed E-state index contributed by atoms with van der Waals surface area (Å²) in [7, 11) is 1.65. The molecule has 0 spiro atoms. The molecule has 4 heteroatoms. The average Bonchev–Trinajstić information content (AvgIpc) is 2.80. The van der Waals surface area contributed by atoms with Crippen molar-refractivity contribution in [1.29, 1.82) is 0 Å². The first-order valence-electron chi connectivity index (χ1n) is 6.99. The number of carbonyl (C=O) groups excluding carboxylic acids is 1. The van der Waals surface area contributed by atoms with Crippen molar-refractivity contribution in [3.05, 3.63) is 23.7 Å². The zero-order valence-corrected chi connectivity index (χ0v) is 12.3. The van der Waals surface area contributed by atoms with Gasteiger partial charge in [0.2, 0.25) is 5.91 Å². The predicted octanol–water partition coefficient (Wildman–Crippen LogP) is 3.14. The Hall–Kier alpha value is -1.29. The Bertz CT molecular complexity index is 373. The standard InChI is InChI=1S/C15H25NO3/c1-4-5-6-7-15(17)16(10-11-18-3)12-14-9-8-13(2)19-14/h8-9H,4-7,10-12H2,1-3H3. The van der Waals surface area contributed by atoms with E-state index in [0.29, 0.717) is 26.1 Å². The fraction of sp³-hybridized carbons (Fsp3) is 0.667. The molecule has 0 aliphatic rings. The number of methoxy groups -OCH3 is 1. The number of furan rings is 1. The maximum atomic E-state index is 12.2. The highest BCUT2D eigenvalue weighted by atomic mass is 16.5. The van der Waals surface area contributed by atoms with Gasteiger partial charge >= 0.3 is 0 Å². The van der Waals surface area contributed by atoms with Gasteiger partial charge < -0.3 is 14.1 Å². The summed E-state index contributed by atoms with van der Waals surface area (Å²) >= 11 is 0. The highest BCUT2D eigenvalue weighted by molar-refractivity contribution is 5.76. The minimum atomic E-state index is 0.180. The number of nitrogens with zero attached hydrogens (tertiary/aromatic N) is 1. The van der Waals surface area contributed by atoms with Crippen molar-refractivity contribution in [3.63, 3.8) is 0 Å². The molecule has 1 heterocycles. The second-order valence-electron chi connectivity index (χ2n) is 4.78. The van der Waals surface area contributed by atoms with Crippen LogP contribution in [0.1, 0.15) is 44.1 Å². The molecule has 0 fully saturated rings. The second-order valence-corrected chi connectivity index (χ2v) is 4.78. The lowest BCUT2D eigenvalue weighted by atomic mass is 10.2. The van der Waals surface area contributed by atoms with Crippen LogP contribution < -0.4 is 0 Å². The van der Waals surface area contributed by atoms with Crippen LogP contribution in [0.4, 0.5) is 0 Å². The van der Waals surface area contributed by atoms with Crippen LogP contribution in [0.3, 0.4) is 0 Å². The number of carbonyl (C=O) groups is 1. The molecule has 1 rings (SSSR count). The van der Waals surface area contributed by atoms with Gasteiger partial charge in [0, 0.05) is 20.1 Å². The Morgan fingerprint density at radius 3 is 2.74 bits per heavy atom. The molecule has 108 valence electrons. The molecule has 0 N–H and O–H groups in total. The summed E-state index contributed by atoms with van der Waals surface area (Å²) < 4.78 is 10.6. The van der Waals surface area contributed by atoms with Crippen LogP contribution in [0.2, 0.25) is 0 Å². The number of unbranched alkanes of at least 4 members (excludes halogenated alkanes) is 2. The number of hydrogen-bond acceptors (Lipinski definition) is 3. The molecule has 4 nitrogen and oxygen atoms in total. The Morgan fingerprint density at radius 2 is 2.16 bits per heavy atom. The Morgan fingerprint density at radius 1 is 1.37 bits per heavy atom. The highest BCUT2D eigenvalue weighted by Gasteiger charge is 2.14. The maximum Gasteiger partial charge on any atom is 0.223 e. The minimum absolute atomic E-state index is 0.180. The lowest BCUT2D eigenvalue weighted by Crippen LogP contribution is -2.33. The van der Waals surface area contributed by atoms with E-state index in [1.807, 2.05) is 24.0 Å². The van der Waals surface area contributed by atoms with Gasteiger partial charge in [-0.3, -0.25) is 4.79 Å². The van der Waals surface area contributed by atoms with Crippen molar-refractivity contribution in [3.8, 4) is 0 Å². The van der Waals surface area contributed by atoms with Crippen LogP contribution in [-0.2, 0) is 16.1 Å². The zero-order chi connectivity index (χ0) is 14.1. The van der Waals surface area contributed by atoms with E-state index in [0.717, 1.165) is 30.8 Å². The van der Waals surface area contributed by atoms with Crippen LogP contribution in [0.5, 0.6) is 0 Å². The van der Waals surface area contributed by atoms with E-state index in [1.165, 1.54) is 0 Å². The van der Waals surface area contributed by atoms with Crippen LogP contribution in [-0.4, -0.2) is 31.1 Å². The molecule has 0 radical (unpaired) electrons. The summed E-state index contributed by atoms with van der Waals surface area (Å²) in [6.45, 7) is 5.74. The second kappa shape index (κ2) is 8.75. The van der Waals surface area contributed by atoms with Gasteiger partial charge in [0.15, 0.2) is 0 Å². The molecule has 0 saturated carbocycles. The number of ether oxygens (including phenoxy) is 1. The Kier molecular flexibility index (Phi) is 7.26. The lowest BCUT2D eigenvalue weighted by Gasteiger charge is -2.21. The van der Waals surface area contributed by atoms with E-state index >= 15 is 0 Å². The third-order valence-corrected chi connectivity index (χ3v) is 3.05. The number of amides is 1. The summed E-state index contributed by atoms with van der Waals surface area (Å²) in [5.74, 6) is 1.89. The minimum Gasteiger partial charge on any atom is -0.464 e. The van der Waals surface area contributed by atoms with Gasteiger partial charge in [-0.15, -0.1) is 0 Å².